The van der Waals surface area contributed by atoms with Crippen LogP contribution < -0.4 is 4.74 Å². The number of hydrogen-bond acceptors (Lipinski definition) is 2. The average Bonchev–Trinajstić information content (AvgIpc) is 2.37. The minimum Gasteiger partial charge on any atom is -0.478 e. The van der Waals surface area contributed by atoms with Crippen molar-refractivity contribution in [1.82, 2.24) is 0 Å². The van der Waals surface area contributed by atoms with Gasteiger partial charge in [-0.15, -0.1) is 0 Å². The van der Waals surface area contributed by atoms with Crippen LogP contribution in [0.2, 0.25) is 15.1 Å². The fourth-order valence-electron chi connectivity index (χ4n) is 1.47. The van der Waals surface area contributed by atoms with E-state index >= 15 is 0 Å². The van der Waals surface area contributed by atoms with E-state index in [2.05, 4.69) is 15.9 Å². The summed E-state index contributed by atoms with van der Waals surface area (Å²) in [6, 6.07) is 7.46. The first-order valence-electron chi connectivity index (χ1n) is 5.24. The highest BCUT2D eigenvalue weighted by Gasteiger charge is 2.17. The summed E-state index contributed by atoms with van der Waals surface area (Å²) in [6.07, 6.45) is 0. The maximum atomic E-state index is 11.2. The fraction of sp³-hybridized carbons (Fsp3) is 0. The van der Waals surface area contributed by atoms with Gasteiger partial charge in [-0.2, -0.15) is 0 Å². The van der Waals surface area contributed by atoms with Crippen LogP contribution in [0.15, 0.2) is 34.8 Å². The average molecular weight is 396 g/mol. The van der Waals surface area contributed by atoms with Crippen molar-refractivity contribution < 1.29 is 14.6 Å². The molecule has 0 aromatic heterocycles. The molecule has 0 fully saturated rings. The molecule has 0 aliphatic rings. The van der Waals surface area contributed by atoms with Crippen molar-refractivity contribution in [3.8, 4) is 11.5 Å². The second-order valence-corrected chi connectivity index (χ2v) is 5.80. The molecule has 0 radical (unpaired) electrons. The summed E-state index contributed by atoms with van der Waals surface area (Å²) in [5.41, 5.74) is -0.0624. The first kappa shape index (κ1) is 15.4. The zero-order valence-electron chi connectivity index (χ0n) is 9.66. The number of carboxylic acids is 1. The van der Waals surface area contributed by atoms with E-state index in [0.29, 0.717) is 9.50 Å². The van der Waals surface area contributed by atoms with Gasteiger partial charge in [0.25, 0.3) is 0 Å². The van der Waals surface area contributed by atoms with E-state index in [1.54, 1.807) is 6.07 Å². The lowest BCUT2D eigenvalue weighted by atomic mass is 10.2. The Balaban J connectivity index is 2.50. The lowest BCUT2D eigenvalue weighted by molar-refractivity contribution is 0.0694. The Morgan fingerprint density at radius 3 is 2.45 bits per heavy atom. The van der Waals surface area contributed by atoms with Crippen molar-refractivity contribution in [2.45, 2.75) is 0 Å². The van der Waals surface area contributed by atoms with Gasteiger partial charge in [0.05, 0.1) is 15.1 Å². The lowest BCUT2D eigenvalue weighted by Crippen LogP contribution is -2.00. The van der Waals surface area contributed by atoms with E-state index in [0.717, 1.165) is 0 Å². The number of aromatic carboxylic acids is 1. The summed E-state index contributed by atoms with van der Waals surface area (Å²) in [5.74, 6) is -0.917. The van der Waals surface area contributed by atoms with E-state index < -0.39 is 5.97 Å². The second kappa shape index (κ2) is 6.22. The topological polar surface area (TPSA) is 46.5 Å². The molecule has 0 saturated carbocycles. The number of carboxylic acid groups (broad SMARTS) is 1. The Labute approximate surface area is 138 Å². The Bertz CT molecular complexity index is 689. The van der Waals surface area contributed by atoms with Crippen molar-refractivity contribution in [3.05, 3.63) is 55.4 Å². The summed E-state index contributed by atoms with van der Waals surface area (Å²) in [6.45, 7) is 0. The van der Waals surface area contributed by atoms with Crippen LogP contribution in [0.25, 0.3) is 0 Å². The minimum atomic E-state index is -1.15. The molecule has 0 amide bonds. The van der Waals surface area contributed by atoms with Crippen molar-refractivity contribution in [1.29, 1.82) is 0 Å². The van der Waals surface area contributed by atoms with Crippen molar-refractivity contribution in [2.75, 3.05) is 0 Å². The van der Waals surface area contributed by atoms with E-state index in [4.69, 9.17) is 44.6 Å². The van der Waals surface area contributed by atoms with Crippen LogP contribution in [0.5, 0.6) is 11.5 Å². The number of benzene rings is 2. The number of carbonyl (C=O) groups is 1. The highest BCUT2D eigenvalue weighted by atomic mass is 79.9. The highest BCUT2D eigenvalue weighted by Crippen LogP contribution is 2.39. The fourth-order valence-corrected chi connectivity index (χ4v) is 2.52. The quantitative estimate of drug-likeness (QED) is 0.657. The number of hydrogen-bond donors (Lipinski definition) is 1. The van der Waals surface area contributed by atoms with Gasteiger partial charge in [0.2, 0.25) is 0 Å². The molecular weight excluding hydrogens is 390 g/mol. The van der Waals surface area contributed by atoms with Gasteiger partial charge in [-0.25, -0.2) is 4.79 Å². The maximum absolute atomic E-state index is 11.2. The molecule has 0 saturated heterocycles. The van der Waals surface area contributed by atoms with Crippen molar-refractivity contribution in [2.24, 2.45) is 0 Å². The molecule has 0 bridgehead atoms. The SMILES string of the molecule is O=C(O)c1cccc(Cl)c1Oc1cc(Cl)c(Br)cc1Cl. The first-order chi connectivity index (χ1) is 9.40. The van der Waals surface area contributed by atoms with Crippen LogP contribution in [-0.4, -0.2) is 11.1 Å². The van der Waals surface area contributed by atoms with Gasteiger partial charge < -0.3 is 9.84 Å². The van der Waals surface area contributed by atoms with Gasteiger partial charge in [-0.1, -0.05) is 40.9 Å². The zero-order chi connectivity index (χ0) is 14.9. The third-order valence-electron chi connectivity index (χ3n) is 2.38. The van der Waals surface area contributed by atoms with Gasteiger partial charge in [-0.05, 0) is 34.1 Å². The van der Waals surface area contributed by atoms with Crippen LogP contribution in [0, 0.1) is 0 Å². The predicted octanol–water partition coefficient (Wildman–Crippen LogP) is 5.90. The molecule has 0 unspecified atom stereocenters. The highest BCUT2D eigenvalue weighted by molar-refractivity contribution is 9.10. The zero-order valence-corrected chi connectivity index (χ0v) is 13.5. The standard InChI is InChI=1S/C13H6BrCl3O3/c14-7-4-10(17)11(5-9(7)16)20-12-6(13(18)19)2-1-3-8(12)15/h1-5H,(H,18,19). The molecule has 0 atom stereocenters. The number of halogens is 4. The number of para-hydroxylation sites is 1. The monoisotopic (exact) mass is 394 g/mol. The summed E-state index contributed by atoms with van der Waals surface area (Å²) in [4.78, 5) is 11.2. The van der Waals surface area contributed by atoms with E-state index in [1.807, 2.05) is 0 Å². The minimum absolute atomic E-state index is 0.0157. The van der Waals surface area contributed by atoms with Crippen molar-refractivity contribution >= 4 is 56.7 Å². The molecule has 2 rings (SSSR count). The van der Waals surface area contributed by atoms with Gasteiger partial charge in [0, 0.05) is 10.5 Å². The summed E-state index contributed by atoms with van der Waals surface area (Å²) >= 11 is 21.2. The summed E-state index contributed by atoms with van der Waals surface area (Å²) in [7, 11) is 0. The number of rotatable bonds is 3. The van der Waals surface area contributed by atoms with Crippen LogP contribution in [0.3, 0.4) is 0 Å². The molecule has 2 aromatic rings. The van der Waals surface area contributed by atoms with Crippen LogP contribution in [-0.2, 0) is 0 Å². The van der Waals surface area contributed by atoms with Gasteiger partial charge in [-0.3, -0.25) is 0 Å². The van der Waals surface area contributed by atoms with E-state index in [9.17, 15) is 4.79 Å². The molecule has 20 heavy (non-hydrogen) atoms. The third-order valence-corrected chi connectivity index (χ3v) is 4.17. The van der Waals surface area contributed by atoms with Crippen molar-refractivity contribution in [3.63, 3.8) is 0 Å². The van der Waals surface area contributed by atoms with Gasteiger partial charge >= 0.3 is 5.97 Å². The van der Waals surface area contributed by atoms with Crippen LogP contribution in [0.4, 0.5) is 0 Å². The normalized spacial score (nSPS) is 10.4. The van der Waals surface area contributed by atoms with Crippen LogP contribution >= 0.6 is 50.7 Å². The Hall–Kier alpha value is -0.940. The summed E-state index contributed by atoms with van der Waals surface area (Å²) in [5, 5.41) is 9.96. The number of ether oxygens (including phenoxy) is 1. The van der Waals surface area contributed by atoms with E-state index in [-0.39, 0.29) is 27.1 Å². The second-order valence-electron chi connectivity index (χ2n) is 3.72. The molecule has 2 aromatic carbocycles. The molecule has 104 valence electrons. The molecule has 0 heterocycles. The molecule has 0 spiro atoms. The molecule has 3 nitrogen and oxygen atoms in total. The Morgan fingerprint density at radius 1 is 1.10 bits per heavy atom. The van der Waals surface area contributed by atoms with Gasteiger partial charge in [0.1, 0.15) is 11.3 Å². The molecule has 7 heteroatoms. The maximum Gasteiger partial charge on any atom is 0.339 e. The molecular formula is C13H6BrCl3O3. The molecule has 0 aliphatic carbocycles. The largest absolute Gasteiger partial charge is 0.478 e. The molecule has 1 N–H and O–H groups in total. The third kappa shape index (κ3) is 3.20. The Kier molecular flexibility index (Phi) is 4.81. The first-order valence-corrected chi connectivity index (χ1v) is 7.17. The van der Waals surface area contributed by atoms with Gasteiger partial charge in [0.15, 0.2) is 5.75 Å². The Morgan fingerprint density at radius 2 is 1.80 bits per heavy atom. The van der Waals surface area contributed by atoms with E-state index in [1.165, 1.54) is 24.3 Å². The molecule has 0 aliphatic heterocycles. The lowest BCUT2D eigenvalue weighted by Gasteiger charge is -2.12. The summed E-state index contributed by atoms with van der Waals surface area (Å²) < 4.78 is 6.12. The van der Waals surface area contributed by atoms with Crippen LogP contribution in [0.1, 0.15) is 10.4 Å². The smallest absolute Gasteiger partial charge is 0.339 e. The predicted molar refractivity (Wildman–Crippen MR) is 82.6 cm³/mol.